The third-order valence-corrected chi connectivity index (χ3v) is 6.39. The summed E-state index contributed by atoms with van der Waals surface area (Å²) in [7, 11) is 0. The molecule has 156 valence electrons. The highest BCUT2D eigenvalue weighted by atomic mass is 35.5. The smallest absolute Gasteiger partial charge is 0.283 e. The molecule has 0 atom stereocenters. The van der Waals surface area contributed by atoms with E-state index in [1.54, 1.807) is 36.4 Å². The molecule has 3 aromatic carbocycles. The Kier molecular flexibility index (Phi) is 6.10. The van der Waals surface area contributed by atoms with Gasteiger partial charge in [-0.3, -0.25) is 9.59 Å². The van der Waals surface area contributed by atoms with Crippen LogP contribution < -0.4 is 10.2 Å². The molecule has 7 heteroatoms. The number of aryl methyl sites for hydroxylation is 2. The van der Waals surface area contributed by atoms with Crippen molar-refractivity contribution >= 4 is 58.2 Å². The van der Waals surface area contributed by atoms with Gasteiger partial charge in [0.15, 0.2) is 0 Å². The molecule has 1 heterocycles. The normalized spacial score (nSPS) is 13.9. The Labute approximate surface area is 194 Å². The van der Waals surface area contributed by atoms with Gasteiger partial charge in [-0.25, -0.2) is 4.90 Å². The third kappa shape index (κ3) is 4.49. The van der Waals surface area contributed by atoms with Crippen LogP contribution in [0.2, 0.25) is 10.0 Å². The third-order valence-electron chi connectivity index (χ3n) is 4.79. The molecular weight excluding hydrogens is 451 g/mol. The molecule has 0 saturated heterocycles. The fourth-order valence-corrected chi connectivity index (χ4v) is 4.37. The highest BCUT2D eigenvalue weighted by Crippen LogP contribution is 2.39. The number of imide groups is 1. The number of nitrogens with zero attached hydrogens (tertiary/aromatic N) is 1. The first-order chi connectivity index (χ1) is 14.8. The predicted octanol–water partition coefficient (Wildman–Crippen LogP) is 6.60. The first kappa shape index (κ1) is 21.5. The Morgan fingerprint density at radius 1 is 0.806 bits per heavy atom. The van der Waals surface area contributed by atoms with E-state index >= 15 is 0 Å². The topological polar surface area (TPSA) is 49.4 Å². The fraction of sp³-hybridized carbons (Fsp3) is 0.0833. The summed E-state index contributed by atoms with van der Waals surface area (Å²) in [5.74, 6) is -0.764. The number of carbonyl (C=O) groups excluding carboxylic acids is 2. The first-order valence-corrected chi connectivity index (χ1v) is 11.1. The summed E-state index contributed by atoms with van der Waals surface area (Å²) in [5, 5.41) is 4.31. The molecular formula is C24H18Cl2N2O2S. The van der Waals surface area contributed by atoms with Gasteiger partial charge in [0, 0.05) is 20.6 Å². The van der Waals surface area contributed by atoms with Crippen LogP contribution in [-0.4, -0.2) is 11.8 Å². The SMILES string of the molecule is Cc1ccc(C)c(N2C(=O)C(Nc3ccc(Cl)cc3)=C(Sc3ccc(Cl)cc3)C2=O)c1. The molecule has 0 saturated carbocycles. The molecule has 0 fully saturated rings. The zero-order chi connectivity index (χ0) is 22.1. The number of carbonyl (C=O) groups is 2. The van der Waals surface area contributed by atoms with Gasteiger partial charge in [-0.2, -0.15) is 0 Å². The summed E-state index contributed by atoms with van der Waals surface area (Å²) in [6.45, 7) is 3.81. The standard InChI is InChI=1S/C24H18Cl2N2O2S/c1-14-3-4-15(2)20(13-14)28-23(29)21(27-18-9-5-16(25)6-10-18)22(24(28)30)31-19-11-7-17(26)8-12-19/h3-13,27H,1-2H3. The van der Waals surface area contributed by atoms with Gasteiger partial charge < -0.3 is 5.32 Å². The largest absolute Gasteiger partial charge is 0.350 e. The molecule has 4 nitrogen and oxygen atoms in total. The number of anilines is 2. The average Bonchev–Trinajstić information content (AvgIpc) is 2.97. The lowest BCUT2D eigenvalue weighted by Gasteiger charge is -2.18. The molecule has 0 aliphatic carbocycles. The second-order valence-electron chi connectivity index (χ2n) is 7.13. The van der Waals surface area contributed by atoms with Crippen molar-refractivity contribution in [3.8, 4) is 0 Å². The zero-order valence-electron chi connectivity index (χ0n) is 16.8. The highest BCUT2D eigenvalue weighted by molar-refractivity contribution is 8.04. The van der Waals surface area contributed by atoms with Crippen LogP contribution in [0.4, 0.5) is 11.4 Å². The van der Waals surface area contributed by atoms with E-state index in [1.807, 2.05) is 44.2 Å². The van der Waals surface area contributed by atoms with Gasteiger partial charge >= 0.3 is 0 Å². The van der Waals surface area contributed by atoms with E-state index in [4.69, 9.17) is 23.2 Å². The minimum atomic E-state index is -0.398. The quantitative estimate of drug-likeness (QED) is 0.428. The van der Waals surface area contributed by atoms with Crippen molar-refractivity contribution in [1.29, 1.82) is 0 Å². The summed E-state index contributed by atoms with van der Waals surface area (Å²) >= 11 is 13.2. The van der Waals surface area contributed by atoms with E-state index in [0.717, 1.165) is 16.0 Å². The summed E-state index contributed by atoms with van der Waals surface area (Å²) in [5.41, 5.74) is 3.28. The Hall–Kier alpha value is -2.73. The lowest BCUT2D eigenvalue weighted by molar-refractivity contribution is -0.120. The lowest BCUT2D eigenvalue weighted by atomic mass is 10.1. The molecule has 1 N–H and O–H groups in total. The van der Waals surface area contributed by atoms with Gasteiger partial charge in [0.25, 0.3) is 11.8 Å². The summed E-state index contributed by atoms with van der Waals surface area (Å²) in [4.78, 5) is 29.2. The molecule has 1 aliphatic heterocycles. The number of halogens is 2. The summed E-state index contributed by atoms with van der Waals surface area (Å²) < 4.78 is 0. The molecule has 0 aromatic heterocycles. The zero-order valence-corrected chi connectivity index (χ0v) is 19.1. The number of hydrogen-bond donors (Lipinski definition) is 1. The van der Waals surface area contributed by atoms with Crippen LogP contribution in [0.15, 0.2) is 82.2 Å². The fourth-order valence-electron chi connectivity index (χ4n) is 3.19. The van der Waals surface area contributed by atoms with Crippen molar-refractivity contribution in [2.24, 2.45) is 0 Å². The molecule has 0 radical (unpaired) electrons. The van der Waals surface area contributed by atoms with Gasteiger partial charge in [0.1, 0.15) is 10.6 Å². The van der Waals surface area contributed by atoms with Crippen LogP contribution in [0.5, 0.6) is 0 Å². The maximum atomic E-state index is 13.4. The van der Waals surface area contributed by atoms with Gasteiger partial charge in [0.2, 0.25) is 0 Å². The van der Waals surface area contributed by atoms with Crippen molar-refractivity contribution in [3.05, 3.63) is 98.5 Å². The van der Waals surface area contributed by atoms with Crippen LogP contribution in [0.1, 0.15) is 11.1 Å². The van der Waals surface area contributed by atoms with Gasteiger partial charge in [-0.1, -0.05) is 47.1 Å². The number of thioether (sulfide) groups is 1. The molecule has 3 aromatic rings. The van der Waals surface area contributed by atoms with Crippen molar-refractivity contribution < 1.29 is 9.59 Å². The maximum absolute atomic E-state index is 13.4. The van der Waals surface area contributed by atoms with Crippen LogP contribution in [0.3, 0.4) is 0 Å². The molecule has 0 unspecified atom stereocenters. The number of rotatable bonds is 5. The van der Waals surface area contributed by atoms with E-state index in [2.05, 4.69) is 5.32 Å². The molecule has 0 spiro atoms. The van der Waals surface area contributed by atoms with Crippen molar-refractivity contribution in [2.45, 2.75) is 18.7 Å². The summed E-state index contributed by atoms with van der Waals surface area (Å²) in [6.07, 6.45) is 0. The van der Waals surface area contributed by atoms with Gasteiger partial charge in [-0.15, -0.1) is 0 Å². The predicted molar refractivity (Wildman–Crippen MR) is 128 cm³/mol. The van der Waals surface area contributed by atoms with Gasteiger partial charge in [0.05, 0.1) is 5.69 Å². The Morgan fingerprint density at radius 3 is 2.06 bits per heavy atom. The first-order valence-electron chi connectivity index (χ1n) is 9.50. The molecule has 4 rings (SSSR count). The number of benzene rings is 3. The molecule has 1 aliphatic rings. The minimum Gasteiger partial charge on any atom is -0.350 e. The maximum Gasteiger partial charge on any atom is 0.283 e. The number of hydrogen-bond acceptors (Lipinski definition) is 4. The second-order valence-corrected chi connectivity index (χ2v) is 9.08. The Morgan fingerprint density at radius 2 is 1.42 bits per heavy atom. The minimum absolute atomic E-state index is 0.230. The van der Waals surface area contributed by atoms with Gasteiger partial charge in [-0.05, 0) is 79.6 Å². The van der Waals surface area contributed by atoms with Crippen LogP contribution in [0.25, 0.3) is 0 Å². The second kappa shape index (κ2) is 8.79. The van der Waals surface area contributed by atoms with Crippen LogP contribution in [-0.2, 0) is 9.59 Å². The van der Waals surface area contributed by atoms with Crippen molar-refractivity contribution in [1.82, 2.24) is 0 Å². The van der Waals surface area contributed by atoms with Crippen molar-refractivity contribution in [2.75, 3.05) is 10.2 Å². The van der Waals surface area contributed by atoms with E-state index in [1.165, 1.54) is 16.7 Å². The number of amides is 2. The average molecular weight is 469 g/mol. The van der Waals surface area contributed by atoms with Crippen LogP contribution >= 0.6 is 35.0 Å². The van der Waals surface area contributed by atoms with Crippen molar-refractivity contribution in [3.63, 3.8) is 0 Å². The molecule has 2 amide bonds. The lowest BCUT2D eigenvalue weighted by Crippen LogP contribution is -2.33. The Bertz CT molecular complexity index is 1140. The highest BCUT2D eigenvalue weighted by Gasteiger charge is 2.40. The molecule has 31 heavy (non-hydrogen) atoms. The monoisotopic (exact) mass is 468 g/mol. The Balaban J connectivity index is 1.77. The van der Waals surface area contributed by atoms with E-state index in [9.17, 15) is 9.59 Å². The van der Waals surface area contributed by atoms with E-state index in [0.29, 0.717) is 26.3 Å². The van der Waals surface area contributed by atoms with E-state index in [-0.39, 0.29) is 11.6 Å². The number of nitrogens with one attached hydrogen (secondary N) is 1. The summed E-state index contributed by atoms with van der Waals surface area (Å²) in [6, 6.07) is 19.8. The van der Waals surface area contributed by atoms with E-state index < -0.39 is 5.91 Å². The molecule has 0 bridgehead atoms. The van der Waals surface area contributed by atoms with Crippen LogP contribution in [0, 0.1) is 13.8 Å².